The molecule has 5 heteroatoms. The van der Waals surface area contributed by atoms with Crippen LogP contribution in [0.1, 0.15) is 26.3 Å². The molecule has 1 rings (SSSR count). The molecule has 0 heterocycles. The van der Waals surface area contributed by atoms with Crippen LogP contribution in [-0.2, 0) is 0 Å². The minimum Gasteiger partial charge on any atom is -0.298 e. The summed E-state index contributed by atoms with van der Waals surface area (Å²) in [6.45, 7) is 0. The molecule has 0 aromatic heterocycles. The quantitative estimate of drug-likeness (QED) is 0.449. The number of Topliss-reactive ketones (excluding diaryl/α,β-unsaturated/α-hetero) is 1. The third-order valence-corrected chi connectivity index (χ3v) is 2.08. The van der Waals surface area contributed by atoms with Gasteiger partial charge in [0, 0.05) is 5.56 Å². The van der Waals surface area contributed by atoms with Crippen molar-refractivity contribution in [2.45, 2.75) is 0 Å². The van der Waals surface area contributed by atoms with Gasteiger partial charge in [-0.3, -0.25) is 9.59 Å². The predicted octanol–water partition coefficient (Wildman–Crippen LogP) is 1.93. The molecule has 15 heavy (non-hydrogen) atoms. The fourth-order valence-electron chi connectivity index (χ4n) is 1.11. The summed E-state index contributed by atoms with van der Waals surface area (Å²) in [5.41, 5.74) is -0.792. The van der Waals surface area contributed by atoms with Crippen LogP contribution in [0.2, 0.25) is 0 Å². The van der Waals surface area contributed by atoms with E-state index >= 15 is 0 Å². The van der Waals surface area contributed by atoms with E-state index in [9.17, 15) is 14.0 Å². The molecule has 0 aliphatic carbocycles. The number of hydrogen-bond donors (Lipinski definition) is 0. The van der Waals surface area contributed by atoms with E-state index in [4.69, 9.17) is 16.9 Å². The monoisotopic (exact) mass is 225 g/mol. The second kappa shape index (κ2) is 4.67. The van der Waals surface area contributed by atoms with Gasteiger partial charge < -0.3 is 0 Å². The fraction of sp³-hybridized carbons (Fsp3) is 0.100. The zero-order valence-corrected chi connectivity index (χ0v) is 8.21. The molecule has 3 nitrogen and oxygen atoms in total. The number of halogens is 2. The standard InChI is InChI=1S/C10H5ClFNO2/c11-3-9(15)7-2-1-6(4-13)10(12)8(7)5-14/h1-2,5H,3H2. The Bertz CT molecular complexity index is 465. The van der Waals surface area contributed by atoms with Crippen molar-refractivity contribution in [2.24, 2.45) is 0 Å². The summed E-state index contributed by atoms with van der Waals surface area (Å²) in [6.07, 6.45) is 0.204. The Labute approximate surface area is 90.1 Å². The smallest absolute Gasteiger partial charge is 0.178 e. The molecule has 1 aromatic rings. The Morgan fingerprint density at radius 3 is 2.73 bits per heavy atom. The van der Waals surface area contributed by atoms with Gasteiger partial charge >= 0.3 is 0 Å². The predicted molar refractivity (Wildman–Crippen MR) is 51.6 cm³/mol. The van der Waals surface area contributed by atoms with Crippen molar-refractivity contribution >= 4 is 23.7 Å². The maximum absolute atomic E-state index is 13.4. The highest BCUT2D eigenvalue weighted by Gasteiger charge is 2.16. The van der Waals surface area contributed by atoms with Crippen LogP contribution in [0.25, 0.3) is 0 Å². The molecule has 0 saturated heterocycles. The number of benzene rings is 1. The number of carbonyl (C=O) groups is 2. The molecule has 1 aromatic carbocycles. The minimum absolute atomic E-state index is 0.100. The third kappa shape index (κ3) is 2.03. The number of nitriles is 1. The van der Waals surface area contributed by atoms with Gasteiger partial charge in [-0.25, -0.2) is 4.39 Å². The Kier molecular flexibility index (Phi) is 3.53. The van der Waals surface area contributed by atoms with Gasteiger partial charge in [0.2, 0.25) is 0 Å². The summed E-state index contributed by atoms with van der Waals surface area (Å²) >= 11 is 5.29. The summed E-state index contributed by atoms with van der Waals surface area (Å²) in [4.78, 5) is 21.8. The molecule has 0 fully saturated rings. The molecule has 0 radical (unpaired) electrons. The van der Waals surface area contributed by atoms with E-state index in [1.807, 2.05) is 0 Å². The van der Waals surface area contributed by atoms with Crippen molar-refractivity contribution < 1.29 is 14.0 Å². The zero-order chi connectivity index (χ0) is 11.4. The van der Waals surface area contributed by atoms with Crippen molar-refractivity contribution in [1.29, 1.82) is 5.26 Å². The van der Waals surface area contributed by atoms with Crippen LogP contribution < -0.4 is 0 Å². The van der Waals surface area contributed by atoms with Crippen molar-refractivity contribution in [3.8, 4) is 6.07 Å². The third-order valence-electron chi connectivity index (χ3n) is 1.84. The molecule has 0 unspecified atom stereocenters. The van der Waals surface area contributed by atoms with Crippen LogP contribution in [-0.4, -0.2) is 17.9 Å². The maximum Gasteiger partial charge on any atom is 0.178 e. The molecule has 0 saturated carbocycles. The Balaban J connectivity index is 3.45. The van der Waals surface area contributed by atoms with Gasteiger partial charge in [-0.1, -0.05) is 0 Å². The van der Waals surface area contributed by atoms with Crippen LogP contribution in [0.5, 0.6) is 0 Å². The number of hydrogen-bond acceptors (Lipinski definition) is 3. The van der Waals surface area contributed by atoms with E-state index in [0.717, 1.165) is 6.07 Å². The molecule has 0 bridgehead atoms. The lowest BCUT2D eigenvalue weighted by molar-refractivity contribution is 0.101. The maximum atomic E-state index is 13.4. The first-order valence-electron chi connectivity index (χ1n) is 3.92. The molecule has 0 N–H and O–H groups in total. The largest absolute Gasteiger partial charge is 0.298 e. The lowest BCUT2D eigenvalue weighted by Gasteiger charge is -2.03. The van der Waals surface area contributed by atoms with Crippen molar-refractivity contribution in [3.05, 3.63) is 34.6 Å². The Morgan fingerprint density at radius 2 is 2.27 bits per heavy atom. The summed E-state index contributed by atoms with van der Waals surface area (Å²) in [6, 6.07) is 3.94. The van der Waals surface area contributed by atoms with Crippen LogP contribution in [0.4, 0.5) is 4.39 Å². The SMILES string of the molecule is N#Cc1ccc(C(=O)CCl)c(C=O)c1F. The summed E-state index contributed by atoms with van der Waals surface area (Å²) in [7, 11) is 0. The number of nitrogens with zero attached hydrogens (tertiary/aromatic N) is 1. The van der Waals surface area contributed by atoms with E-state index < -0.39 is 17.2 Å². The van der Waals surface area contributed by atoms with Gasteiger partial charge in [-0.05, 0) is 12.1 Å². The van der Waals surface area contributed by atoms with Crippen molar-refractivity contribution in [2.75, 3.05) is 5.88 Å². The van der Waals surface area contributed by atoms with Crippen molar-refractivity contribution in [1.82, 2.24) is 0 Å². The van der Waals surface area contributed by atoms with Gasteiger partial charge in [0.25, 0.3) is 0 Å². The van der Waals surface area contributed by atoms with E-state index in [2.05, 4.69) is 0 Å². The van der Waals surface area contributed by atoms with Crippen LogP contribution >= 0.6 is 11.6 Å². The van der Waals surface area contributed by atoms with Crippen LogP contribution in [0.3, 0.4) is 0 Å². The molecular weight excluding hydrogens is 221 g/mol. The fourth-order valence-corrected chi connectivity index (χ4v) is 1.25. The van der Waals surface area contributed by atoms with Crippen LogP contribution in [0.15, 0.2) is 12.1 Å². The number of ketones is 1. The number of carbonyl (C=O) groups excluding carboxylic acids is 2. The summed E-state index contributed by atoms with van der Waals surface area (Å²) < 4.78 is 13.4. The summed E-state index contributed by atoms with van der Waals surface area (Å²) in [5.74, 6) is -1.88. The first-order chi connectivity index (χ1) is 7.15. The Hall–Kier alpha value is -1.73. The molecule has 0 amide bonds. The van der Waals surface area contributed by atoms with E-state index in [0.29, 0.717) is 0 Å². The van der Waals surface area contributed by atoms with Gasteiger partial charge in [0.15, 0.2) is 17.9 Å². The number of alkyl halides is 1. The van der Waals surface area contributed by atoms with Gasteiger partial charge in [0.05, 0.1) is 17.0 Å². The second-order valence-corrected chi connectivity index (χ2v) is 2.94. The van der Waals surface area contributed by atoms with Crippen LogP contribution in [0, 0.1) is 17.1 Å². The van der Waals surface area contributed by atoms with E-state index in [1.165, 1.54) is 6.07 Å². The first-order valence-corrected chi connectivity index (χ1v) is 4.46. The lowest BCUT2D eigenvalue weighted by Crippen LogP contribution is -2.07. The minimum atomic E-state index is -0.983. The lowest BCUT2D eigenvalue weighted by atomic mass is 10.0. The topological polar surface area (TPSA) is 57.9 Å². The summed E-state index contributed by atoms with van der Waals surface area (Å²) in [5, 5.41) is 8.51. The van der Waals surface area contributed by atoms with Gasteiger partial charge in [0.1, 0.15) is 6.07 Å². The highest BCUT2D eigenvalue weighted by atomic mass is 35.5. The first kappa shape index (κ1) is 11.3. The Morgan fingerprint density at radius 1 is 1.60 bits per heavy atom. The zero-order valence-electron chi connectivity index (χ0n) is 7.46. The molecule has 0 aliphatic heterocycles. The normalized spacial score (nSPS) is 9.40. The molecule has 0 aliphatic rings. The number of aldehydes is 1. The van der Waals surface area contributed by atoms with Crippen molar-refractivity contribution in [3.63, 3.8) is 0 Å². The molecule has 0 atom stereocenters. The highest BCUT2D eigenvalue weighted by Crippen LogP contribution is 2.16. The molecular formula is C10H5ClFNO2. The van der Waals surface area contributed by atoms with E-state index in [-0.39, 0.29) is 23.3 Å². The number of rotatable bonds is 3. The highest BCUT2D eigenvalue weighted by molar-refractivity contribution is 6.31. The van der Waals surface area contributed by atoms with Gasteiger partial charge in [-0.15, -0.1) is 11.6 Å². The average Bonchev–Trinajstić information content (AvgIpc) is 2.27. The van der Waals surface area contributed by atoms with Gasteiger partial charge in [-0.2, -0.15) is 5.26 Å². The average molecular weight is 226 g/mol. The molecule has 0 spiro atoms. The van der Waals surface area contributed by atoms with E-state index in [1.54, 1.807) is 6.07 Å². The molecule has 76 valence electrons. The second-order valence-electron chi connectivity index (χ2n) is 2.67.